The Hall–Kier alpha value is -5.52. The van der Waals surface area contributed by atoms with Crippen LogP contribution in [0.2, 0.25) is 0 Å². The highest BCUT2D eigenvalue weighted by Gasteiger charge is 2.36. The predicted octanol–water partition coefficient (Wildman–Crippen LogP) is 3.93. The summed E-state index contributed by atoms with van der Waals surface area (Å²) in [7, 11) is 0. The number of anilines is 1. The van der Waals surface area contributed by atoms with Gasteiger partial charge in [-0.15, -0.1) is 0 Å². The second kappa shape index (κ2) is 8.25. The first-order valence-electron chi connectivity index (χ1n) is 12.2. The molecule has 0 saturated heterocycles. The average Bonchev–Trinajstić information content (AvgIpc) is 3.67. The van der Waals surface area contributed by atoms with Crippen molar-refractivity contribution >= 4 is 50.1 Å². The molecular weight excluding hydrogens is 500 g/mol. The fraction of sp³-hybridized carbons (Fsp3) is 0.111. The summed E-state index contributed by atoms with van der Waals surface area (Å²) in [4.78, 5) is 40.8. The highest BCUT2D eigenvalue weighted by molar-refractivity contribution is 6.11. The first kappa shape index (κ1) is 22.7. The Morgan fingerprint density at radius 2 is 1.97 bits per heavy atom. The molecule has 4 heterocycles. The molecule has 39 heavy (non-hydrogen) atoms. The van der Waals surface area contributed by atoms with Gasteiger partial charge in [0.05, 0.1) is 28.8 Å². The number of benzene rings is 3. The number of imidazole rings is 1. The summed E-state index contributed by atoms with van der Waals surface area (Å²) in [6.07, 6.45) is 3.09. The van der Waals surface area contributed by atoms with E-state index in [0.29, 0.717) is 46.2 Å². The van der Waals surface area contributed by atoms with Crippen LogP contribution in [0.4, 0.5) is 11.4 Å². The van der Waals surface area contributed by atoms with E-state index in [2.05, 4.69) is 19.9 Å². The molecule has 12 heteroatoms. The molecule has 1 aliphatic heterocycles. The molecule has 1 amide bonds. The molecule has 0 radical (unpaired) electrons. The number of fused-ring (bicyclic) bond motifs is 5. The highest BCUT2D eigenvalue weighted by atomic mass is 16.6. The monoisotopic (exact) mass is 520 g/mol. The van der Waals surface area contributed by atoms with Crippen LogP contribution in [0.3, 0.4) is 0 Å². The number of carbonyl (C=O) groups is 1. The Labute approximate surface area is 218 Å². The number of aromatic hydroxyl groups is 1. The fourth-order valence-corrected chi connectivity index (χ4v) is 5.55. The number of phenolic OH excluding ortho intramolecular Hbond substituents is 1. The van der Waals surface area contributed by atoms with Gasteiger partial charge in [0.25, 0.3) is 11.6 Å². The minimum Gasteiger partial charge on any atom is -0.507 e. The third-order valence-electron chi connectivity index (χ3n) is 7.31. The van der Waals surface area contributed by atoms with Crippen molar-refractivity contribution in [2.75, 3.05) is 11.4 Å². The summed E-state index contributed by atoms with van der Waals surface area (Å²) >= 11 is 0. The number of phenols is 1. The number of nitrogens with one attached hydrogen (secondary N) is 3. The van der Waals surface area contributed by atoms with E-state index in [9.17, 15) is 20.0 Å². The summed E-state index contributed by atoms with van der Waals surface area (Å²) < 4.78 is 1.86. The zero-order valence-corrected chi connectivity index (χ0v) is 20.3. The second-order valence-electron chi connectivity index (χ2n) is 9.55. The zero-order valence-electron chi connectivity index (χ0n) is 20.3. The number of carbonyl (C=O) groups excluding carboxylic acids is 1. The van der Waals surface area contributed by atoms with Crippen molar-refractivity contribution in [2.45, 2.75) is 12.5 Å². The van der Waals surface area contributed by atoms with Gasteiger partial charge in [-0.2, -0.15) is 0 Å². The van der Waals surface area contributed by atoms with Crippen LogP contribution < -0.4 is 10.4 Å². The van der Waals surface area contributed by atoms with Crippen LogP contribution >= 0.6 is 0 Å². The van der Waals surface area contributed by atoms with Crippen LogP contribution in [-0.2, 0) is 6.54 Å². The number of hydrogen-bond acceptors (Lipinski definition) is 7. The van der Waals surface area contributed by atoms with Gasteiger partial charge in [-0.3, -0.25) is 20.3 Å². The SMILES string of the molecule is N=c1ncn(C[C@@H]2CN(C(=O)c3cc4ccc([N+](=O)[O-])cc4[nH]3)c3cc(O)c4ccccc4c32)c2nc[nH]c12. The largest absolute Gasteiger partial charge is 0.507 e. The van der Waals surface area contributed by atoms with Gasteiger partial charge < -0.3 is 24.5 Å². The summed E-state index contributed by atoms with van der Waals surface area (Å²) in [5.74, 6) is -0.428. The van der Waals surface area contributed by atoms with Crippen molar-refractivity contribution < 1.29 is 14.8 Å². The standard InChI is InChI=1S/C27H20N8O4/c28-25-24-26(30-12-29-24)33(13-31-25)10-15-11-34(21-9-22(36)17-3-1-2-4-18(17)23(15)21)27(37)20-7-14-5-6-16(35(38)39)8-19(14)32-20/h1-9,12-13,15,28,32,36H,10-11H2,(H,29,30)/t15-/m1/s1. The molecule has 0 saturated carbocycles. The third-order valence-corrected chi connectivity index (χ3v) is 7.31. The topological polar surface area (TPSA) is 170 Å². The van der Waals surface area contributed by atoms with Gasteiger partial charge in [-0.1, -0.05) is 24.3 Å². The molecule has 0 bridgehead atoms. The Bertz CT molecular complexity index is 2040. The van der Waals surface area contributed by atoms with Crippen LogP contribution in [0.1, 0.15) is 22.0 Å². The first-order valence-corrected chi connectivity index (χ1v) is 12.2. The van der Waals surface area contributed by atoms with E-state index in [1.807, 2.05) is 28.8 Å². The molecular formula is C27H20N8O4. The summed E-state index contributed by atoms with van der Waals surface area (Å²) in [6, 6.07) is 15.2. The van der Waals surface area contributed by atoms with Gasteiger partial charge in [0.2, 0.25) is 0 Å². The maximum Gasteiger partial charge on any atom is 0.274 e. The molecule has 0 fully saturated rings. The van der Waals surface area contributed by atoms with Crippen molar-refractivity contribution in [3.05, 3.63) is 94.1 Å². The third kappa shape index (κ3) is 3.45. The van der Waals surface area contributed by atoms with E-state index in [1.54, 1.807) is 29.4 Å². The van der Waals surface area contributed by atoms with Crippen LogP contribution in [0.15, 0.2) is 67.3 Å². The lowest BCUT2D eigenvalue weighted by Crippen LogP contribution is -2.31. The molecule has 7 rings (SSSR count). The number of nitro benzene ring substituents is 1. The Morgan fingerprint density at radius 3 is 2.79 bits per heavy atom. The summed E-state index contributed by atoms with van der Waals surface area (Å²) in [5, 5.41) is 32.3. The van der Waals surface area contributed by atoms with Crippen molar-refractivity contribution in [1.82, 2.24) is 24.5 Å². The van der Waals surface area contributed by atoms with Gasteiger partial charge in [-0.05, 0) is 23.1 Å². The van der Waals surface area contributed by atoms with Gasteiger partial charge in [0, 0.05) is 48.0 Å². The van der Waals surface area contributed by atoms with Gasteiger partial charge in [0.1, 0.15) is 17.0 Å². The normalized spacial score (nSPS) is 14.9. The predicted molar refractivity (Wildman–Crippen MR) is 143 cm³/mol. The molecule has 0 unspecified atom stereocenters. The Balaban J connectivity index is 1.35. The molecule has 12 nitrogen and oxygen atoms in total. The maximum atomic E-state index is 13.9. The lowest BCUT2D eigenvalue weighted by atomic mass is 9.94. The highest BCUT2D eigenvalue weighted by Crippen LogP contribution is 2.46. The minimum atomic E-state index is -0.479. The number of aromatic nitrogens is 5. The molecule has 192 valence electrons. The molecule has 3 aromatic carbocycles. The number of non-ortho nitro benzene ring substituents is 1. The van der Waals surface area contributed by atoms with Crippen molar-refractivity contribution in [2.24, 2.45) is 0 Å². The van der Waals surface area contributed by atoms with Crippen molar-refractivity contribution in [3.63, 3.8) is 0 Å². The van der Waals surface area contributed by atoms with E-state index in [-0.39, 0.29) is 34.4 Å². The van der Waals surface area contributed by atoms with Crippen LogP contribution in [-0.4, -0.2) is 47.0 Å². The van der Waals surface area contributed by atoms with Crippen LogP contribution in [0.25, 0.3) is 32.8 Å². The first-order chi connectivity index (χ1) is 18.9. The Kier molecular flexibility index (Phi) is 4.79. The second-order valence-corrected chi connectivity index (χ2v) is 9.55. The zero-order chi connectivity index (χ0) is 26.8. The molecule has 1 aliphatic rings. The fourth-order valence-electron chi connectivity index (χ4n) is 5.55. The number of rotatable bonds is 4. The van der Waals surface area contributed by atoms with Gasteiger partial charge >= 0.3 is 0 Å². The molecule has 0 spiro atoms. The number of aromatic amines is 2. The number of nitro groups is 1. The van der Waals surface area contributed by atoms with Gasteiger partial charge in [0.15, 0.2) is 11.1 Å². The van der Waals surface area contributed by atoms with E-state index in [4.69, 9.17) is 5.41 Å². The van der Waals surface area contributed by atoms with E-state index >= 15 is 0 Å². The smallest absolute Gasteiger partial charge is 0.274 e. The number of H-pyrrole nitrogens is 2. The van der Waals surface area contributed by atoms with Gasteiger partial charge in [-0.25, -0.2) is 9.97 Å². The average molecular weight is 521 g/mol. The van der Waals surface area contributed by atoms with Crippen molar-refractivity contribution in [3.8, 4) is 5.75 Å². The summed E-state index contributed by atoms with van der Waals surface area (Å²) in [5.41, 5.74) is 3.41. The number of nitrogens with zero attached hydrogens (tertiary/aromatic N) is 5. The lowest BCUT2D eigenvalue weighted by Gasteiger charge is -2.18. The Morgan fingerprint density at radius 1 is 1.15 bits per heavy atom. The molecule has 0 aliphatic carbocycles. The lowest BCUT2D eigenvalue weighted by molar-refractivity contribution is -0.384. The number of amides is 1. The van der Waals surface area contributed by atoms with Crippen LogP contribution in [0.5, 0.6) is 5.75 Å². The minimum absolute atomic E-state index is 0.0673. The van der Waals surface area contributed by atoms with Crippen molar-refractivity contribution in [1.29, 1.82) is 5.41 Å². The van der Waals surface area contributed by atoms with E-state index < -0.39 is 4.92 Å². The van der Waals surface area contributed by atoms with Crippen LogP contribution in [0, 0.1) is 15.5 Å². The quantitative estimate of drug-likeness (QED) is 0.203. The van der Waals surface area contributed by atoms with E-state index in [1.165, 1.54) is 18.5 Å². The summed E-state index contributed by atoms with van der Waals surface area (Å²) in [6.45, 7) is 0.748. The molecule has 3 aromatic heterocycles. The maximum absolute atomic E-state index is 13.9. The number of hydrogen-bond donors (Lipinski definition) is 4. The van der Waals surface area contributed by atoms with E-state index in [0.717, 1.165) is 10.9 Å². The molecule has 4 N–H and O–H groups in total. The molecule has 6 aromatic rings. The molecule has 1 atom stereocenters.